The molecular weight excluding hydrogens is 251 g/mol. The largest absolute Gasteiger partial charge is 0.388 e. The van der Waals surface area contributed by atoms with E-state index in [2.05, 4.69) is 9.97 Å². The predicted octanol–water partition coefficient (Wildman–Crippen LogP) is 2.02. The van der Waals surface area contributed by atoms with E-state index in [1.165, 1.54) is 18.5 Å². The number of nitrogens with two attached hydrogens (primary N) is 1. The van der Waals surface area contributed by atoms with Crippen LogP contribution in [0, 0.1) is 5.82 Å². The van der Waals surface area contributed by atoms with Crippen molar-refractivity contribution in [3.63, 3.8) is 0 Å². The number of rotatable bonds is 3. The Morgan fingerprint density at radius 2 is 1.94 bits per heavy atom. The maximum absolute atomic E-state index is 13.7. The number of halogens is 1. The van der Waals surface area contributed by atoms with Gasteiger partial charge in [-0.3, -0.25) is 0 Å². The normalized spacial score (nSPS) is 10.1. The molecule has 4 nitrogen and oxygen atoms in total. The van der Waals surface area contributed by atoms with Crippen LogP contribution >= 0.6 is 12.2 Å². The Morgan fingerprint density at radius 3 is 2.61 bits per heavy atom. The minimum absolute atomic E-state index is 0.126. The topological polar surface area (TPSA) is 55.0 Å². The Kier molecular flexibility index (Phi) is 3.47. The number of hydrogen-bond acceptors (Lipinski definition) is 4. The van der Waals surface area contributed by atoms with Crippen LogP contribution in [0.25, 0.3) is 0 Å². The highest BCUT2D eigenvalue weighted by Gasteiger charge is 2.15. The van der Waals surface area contributed by atoms with Gasteiger partial charge in [-0.25, -0.2) is 14.4 Å². The summed E-state index contributed by atoms with van der Waals surface area (Å²) in [5.41, 5.74) is 6.34. The summed E-state index contributed by atoms with van der Waals surface area (Å²) in [6, 6.07) is 6.39. The number of thiocarbonyl (C=S) groups is 1. The van der Waals surface area contributed by atoms with Gasteiger partial charge < -0.3 is 10.6 Å². The molecule has 0 fully saturated rings. The van der Waals surface area contributed by atoms with Crippen LogP contribution in [0.4, 0.5) is 15.9 Å². The molecule has 92 valence electrons. The van der Waals surface area contributed by atoms with Crippen molar-refractivity contribution in [2.24, 2.45) is 5.73 Å². The lowest BCUT2D eigenvalue weighted by atomic mass is 10.2. The second kappa shape index (κ2) is 5.05. The number of anilines is 2. The Labute approximate surface area is 109 Å². The molecule has 1 heterocycles. The fraction of sp³-hybridized carbons (Fsp3) is 0.0833. The molecule has 0 radical (unpaired) electrons. The van der Waals surface area contributed by atoms with Gasteiger partial charge in [-0.1, -0.05) is 24.4 Å². The molecule has 6 heteroatoms. The van der Waals surface area contributed by atoms with E-state index in [1.807, 2.05) is 0 Å². The van der Waals surface area contributed by atoms with Crippen LogP contribution in [0.5, 0.6) is 0 Å². The second-order valence-electron chi connectivity index (χ2n) is 3.60. The van der Waals surface area contributed by atoms with E-state index < -0.39 is 0 Å². The number of para-hydroxylation sites is 1. The van der Waals surface area contributed by atoms with E-state index >= 15 is 0 Å². The first-order valence-corrected chi connectivity index (χ1v) is 5.61. The van der Waals surface area contributed by atoms with Crippen LogP contribution in [0.3, 0.4) is 0 Å². The molecule has 18 heavy (non-hydrogen) atoms. The molecule has 0 aliphatic heterocycles. The maximum atomic E-state index is 13.7. The van der Waals surface area contributed by atoms with Crippen molar-refractivity contribution < 1.29 is 4.39 Å². The van der Waals surface area contributed by atoms with E-state index in [0.717, 1.165) is 0 Å². The van der Waals surface area contributed by atoms with Gasteiger partial charge in [0, 0.05) is 19.4 Å². The predicted molar refractivity (Wildman–Crippen MR) is 72.4 cm³/mol. The van der Waals surface area contributed by atoms with Gasteiger partial charge in [-0.2, -0.15) is 0 Å². The molecule has 2 aromatic rings. The van der Waals surface area contributed by atoms with Crippen LogP contribution in [-0.2, 0) is 0 Å². The minimum atomic E-state index is -0.348. The highest BCUT2D eigenvalue weighted by Crippen LogP contribution is 2.25. The summed E-state index contributed by atoms with van der Waals surface area (Å²) in [5, 5.41) is 0. The van der Waals surface area contributed by atoms with E-state index in [-0.39, 0.29) is 10.8 Å². The maximum Gasteiger partial charge on any atom is 0.161 e. The zero-order valence-electron chi connectivity index (χ0n) is 9.67. The SMILES string of the molecule is CN(c1ccccc1F)c1nccnc1C(N)=S. The van der Waals surface area contributed by atoms with Gasteiger partial charge in [0.1, 0.15) is 16.5 Å². The summed E-state index contributed by atoms with van der Waals surface area (Å²) in [6.07, 6.45) is 3.00. The van der Waals surface area contributed by atoms with Gasteiger partial charge in [0.05, 0.1) is 5.69 Å². The molecule has 0 bridgehead atoms. The Bertz CT molecular complexity index is 588. The van der Waals surface area contributed by atoms with Crippen LogP contribution in [-0.4, -0.2) is 22.0 Å². The van der Waals surface area contributed by atoms with Crippen LogP contribution in [0.1, 0.15) is 5.69 Å². The molecule has 2 rings (SSSR count). The Morgan fingerprint density at radius 1 is 1.28 bits per heavy atom. The highest BCUT2D eigenvalue weighted by molar-refractivity contribution is 7.80. The van der Waals surface area contributed by atoms with Crippen molar-refractivity contribution in [2.45, 2.75) is 0 Å². The lowest BCUT2D eigenvalue weighted by Gasteiger charge is -2.20. The summed E-state index contributed by atoms with van der Waals surface area (Å²) >= 11 is 4.91. The zero-order valence-corrected chi connectivity index (χ0v) is 10.5. The zero-order chi connectivity index (χ0) is 13.1. The number of aromatic nitrogens is 2. The Balaban J connectivity index is 2.50. The highest BCUT2D eigenvalue weighted by atomic mass is 32.1. The van der Waals surface area contributed by atoms with Crippen molar-refractivity contribution >= 4 is 28.7 Å². The molecular formula is C12H11FN4S. The average Bonchev–Trinajstić information content (AvgIpc) is 2.38. The molecule has 0 aliphatic carbocycles. The molecule has 0 unspecified atom stereocenters. The Hall–Kier alpha value is -2.08. The second-order valence-corrected chi connectivity index (χ2v) is 4.04. The lowest BCUT2D eigenvalue weighted by molar-refractivity contribution is 0.627. The van der Waals surface area contributed by atoms with E-state index in [1.54, 1.807) is 30.1 Å². The summed E-state index contributed by atoms with van der Waals surface area (Å²) in [7, 11) is 1.68. The standard InChI is InChI=1S/C12H11FN4S/c1-17(9-5-3-2-4-8(9)13)12-10(11(14)18)15-6-7-16-12/h2-7H,1H3,(H2,14,18). The van der Waals surface area contributed by atoms with Crippen molar-refractivity contribution in [2.75, 3.05) is 11.9 Å². The van der Waals surface area contributed by atoms with Crippen LogP contribution in [0.2, 0.25) is 0 Å². The fourth-order valence-electron chi connectivity index (χ4n) is 1.59. The lowest BCUT2D eigenvalue weighted by Crippen LogP contribution is -2.21. The van der Waals surface area contributed by atoms with Crippen molar-refractivity contribution in [1.29, 1.82) is 0 Å². The van der Waals surface area contributed by atoms with Gasteiger partial charge in [-0.15, -0.1) is 0 Å². The third-order valence-corrected chi connectivity index (χ3v) is 2.64. The fourth-order valence-corrected chi connectivity index (χ4v) is 1.73. The monoisotopic (exact) mass is 262 g/mol. The molecule has 0 aliphatic rings. The third kappa shape index (κ3) is 2.28. The summed E-state index contributed by atoms with van der Waals surface area (Å²) < 4.78 is 13.7. The van der Waals surface area contributed by atoms with Gasteiger partial charge in [0.25, 0.3) is 0 Å². The quantitative estimate of drug-likeness (QED) is 0.858. The van der Waals surface area contributed by atoms with Crippen molar-refractivity contribution in [3.8, 4) is 0 Å². The van der Waals surface area contributed by atoms with Gasteiger partial charge >= 0.3 is 0 Å². The molecule has 0 saturated carbocycles. The van der Waals surface area contributed by atoms with Crippen LogP contribution in [0.15, 0.2) is 36.7 Å². The van der Waals surface area contributed by atoms with Gasteiger partial charge in [0.15, 0.2) is 5.82 Å². The summed E-state index contributed by atoms with van der Waals surface area (Å²) in [4.78, 5) is 9.90. The molecule has 1 aromatic heterocycles. The van der Waals surface area contributed by atoms with Gasteiger partial charge in [-0.05, 0) is 12.1 Å². The first-order valence-electron chi connectivity index (χ1n) is 5.20. The number of benzene rings is 1. The first kappa shape index (κ1) is 12.4. The summed E-state index contributed by atoms with van der Waals surface area (Å²) in [6.45, 7) is 0. The number of hydrogen-bond donors (Lipinski definition) is 1. The van der Waals surface area contributed by atoms with Crippen molar-refractivity contribution in [3.05, 3.63) is 48.2 Å². The number of nitrogens with zero attached hydrogens (tertiary/aromatic N) is 3. The molecule has 0 atom stereocenters. The molecule has 0 spiro atoms. The van der Waals surface area contributed by atoms with Gasteiger partial charge in [0.2, 0.25) is 0 Å². The minimum Gasteiger partial charge on any atom is -0.388 e. The van der Waals surface area contributed by atoms with E-state index in [0.29, 0.717) is 17.2 Å². The summed E-state index contributed by atoms with van der Waals surface area (Å²) in [5.74, 6) is 0.0784. The van der Waals surface area contributed by atoms with Crippen molar-refractivity contribution in [1.82, 2.24) is 9.97 Å². The van der Waals surface area contributed by atoms with E-state index in [4.69, 9.17) is 18.0 Å². The van der Waals surface area contributed by atoms with Crippen LogP contribution < -0.4 is 10.6 Å². The third-order valence-electron chi connectivity index (χ3n) is 2.44. The average molecular weight is 262 g/mol. The molecule has 0 saturated heterocycles. The molecule has 1 aromatic carbocycles. The smallest absolute Gasteiger partial charge is 0.161 e. The first-order chi connectivity index (χ1) is 8.61. The van der Waals surface area contributed by atoms with E-state index in [9.17, 15) is 4.39 Å². The molecule has 0 amide bonds. The molecule has 2 N–H and O–H groups in total.